The molecule has 20 heavy (non-hydrogen) atoms. The van der Waals surface area contributed by atoms with Gasteiger partial charge in [-0.25, -0.2) is 0 Å². The maximum Gasteiger partial charge on any atom is -0.0260 e. The van der Waals surface area contributed by atoms with Gasteiger partial charge < -0.3 is 0 Å². The Kier molecular flexibility index (Phi) is 8.14. The van der Waals surface area contributed by atoms with E-state index < -0.39 is 0 Å². The summed E-state index contributed by atoms with van der Waals surface area (Å²) in [7, 11) is 0. The van der Waals surface area contributed by atoms with E-state index in [0.29, 0.717) is 0 Å². The molecular weight excluding hydrogens is 240 g/mol. The molecule has 0 radical (unpaired) electrons. The number of aryl methyl sites for hydroxylation is 1. The van der Waals surface area contributed by atoms with Gasteiger partial charge in [0, 0.05) is 0 Å². The van der Waals surface area contributed by atoms with Crippen LogP contribution in [0.3, 0.4) is 0 Å². The van der Waals surface area contributed by atoms with Gasteiger partial charge in [0.1, 0.15) is 0 Å². The number of unbranched alkanes of at least 4 members (excludes halogenated alkanes) is 1. The van der Waals surface area contributed by atoms with Gasteiger partial charge in [0.25, 0.3) is 0 Å². The Morgan fingerprint density at radius 3 is 2.50 bits per heavy atom. The van der Waals surface area contributed by atoms with E-state index in [1.165, 1.54) is 23.1 Å². The Bertz CT molecular complexity index is 457. The first-order valence-electron chi connectivity index (χ1n) is 7.49. The van der Waals surface area contributed by atoms with Crippen LogP contribution in [-0.2, 0) is 6.42 Å². The summed E-state index contributed by atoms with van der Waals surface area (Å²) in [6.07, 6.45) is 15.9. The second-order valence-corrected chi connectivity index (χ2v) is 4.97. The molecule has 0 saturated carbocycles. The average molecular weight is 266 g/mol. The second-order valence-electron chi connectivity index (χ2n) is 4.97. The van der Waals surface area contributed by atoms with Crippen molar-refractivity contribution in [2.75, 3.05) is 0 Å². The van der Waals surface area contributed by atoms with E-state index >= 15 is 0 Å². The zero-order chi connectivity index (χ0) is 14.6. The lowest BCUT2D eigenvalue weighted by atomic mass is 10.0. The van der Waals surface area contributed by atoms with Crippen LogP contribution in [0.2, 0.25) is 0 Å². The maximum atomic E-state index is 3.83. The van der Waals surface area contributed by atoms with Crippen LogP contribution in [0.5, 0.6) is 0 Å². The molecule has 0 spiro atoms. The first-order chi connectivity index (χ1) is 9.80. The topological polar surface area (TPSA) is 0 Å². The Morgan fingerprint density at radius 1 is 1.15 bits per heavy atom. The Balaban J connectivity index is 2.43. The van der Waals surface area contributed by atoms with Gasteiger partial charge in [0.2, 0.25) is 0 Å². The normalized spacial score (nSPS) is 11.8. The van der Waals surface area contributed by atoms with Crippen LogP contribution < -0.4 is 0 Å². The van der Waals surface area contributed by atoms with Crippen molar-refractivity contribution in [3.63, 3.8) is 0 Å². The smallest absolute Gasteiger partial charge is 0.0260 e. The molecule has 1 rings (SSSR count). The predicted molar refractivity (Wildman–Crippen MR) is 91.8 cm³/mol. The lowest BCUT2D eigenvalue weighted by Crippen LogP contribution is -1.87. The molecule has 0 N–H and O–H groups in total. The van der Waals surface area contributed by atoms with Crippen molar-refractivity contribution in [3.8, 4) is 0 Å². The number of hydrogen-bond acceptors (Lipinski definition) is 0. The summed E-state index contributed by atoms with van der Waals surface area (Å²) in [4.78, 5) is 0. The van der Waals surface area contributed by atoms with Crippen LogP contribution in [0.15, 0.2) is 67.3 Å². The van der Waals surface area contributed by atoms with Crippen molar-refractivity contribution in [3.05, 3.63) is 78.4 Å². The van der Waals surface area contributed by atoms with Crippen molar-refractivity contribution in [1.82, 2.24) is 0 Å². The van der Waals surface area contributed by atoms with E-state index in [4.69, 9.17) is 0 Å². The molecule has 106 valence electrons. The van der Waals surface area contributed by atoms with Crippen LogP contribution in [0.1, 0.15) is 43.7 Å². The van der Waals surface area contributed by atoms with Gasteiger partial charge in [-0.1, -0.05) is 81.1 Å². The van der Waals surface area contributed by atoms with Gasteiger partial charge in [-0.15, -0.1) is 0 Å². The lowest BCUT2D eigenvalue weighted by Gasteiger charge is -2.03. The highest BCUT2D eigenvalue weighted by Crippen LogP contribution is 2.13. The first-order valence-corrected chi connectivity index (χ1v) is 7.49. The molecule has 0 aromatic heterocycles. The number of allylic oxidation sites excluding steroid dienone is 5. The highest BCUT2D eigenvalue weighted by atomic mass is 14.0. The molecule has 0 atom stereocenters. The third-order valence-corrected chi connectivity index (χ3v) is 3.27. The highest BCUT2D eigenvalue weighted by Gasteiger charge is 1.96. The number of hydrogen-bond donors (Lipinski definition) is 0. The van der Waals surface area contributed by atoms with Gasteiger partial charge in [0.15, 0.2) is 0 Å². The monoisotopic (exact) mass is 266 g/mol. The molecule has 0 aliphatic heterocycles. The minimum absolute atomic E-state index is 1.06. The van der Waals surface area contributed by atoms with Crippen molar-refractivity contribution in [2.24, 2.45) is 0 Å². The van der Waals surface area contributed by atoms with Crippen LogP contribution in [0.25, 0.3) is 6.08 Å². The molecule has 0 saturated heterocycles. The predicted octanol–water partition coefficient (Wildman–Crippen LogP) is 6.12. The molecule has 0 fully saturated rings. The summed E-state index contributed by atoms with van der Waals surface area (Å²) in [5.74, 6) is 0. The molecule has 1 aromatic carbocycles. The zero-order valence-electron chi connectivity index (χ0n) is 12.6. The van der Waals surface area contributed by atoms with Crippen molar-refractivity contribution < 1.29 is 0 Å². The first kappa shape index (κ1) is 16.2. The van der Waals surface area contributed by atoms with Gasteiger partial charge in [-0.2, -0.15) is 0 Å². The fourth-order valence-electron chi connectivity index (χ4n) is 2.08. The largest absolute Gasteiger partial charge is 0.0991 e. The summed E-state index contributed by atoms with van der Waals surface area (Å²) in [5.41, 5.74) is 3.96. The van der Waals surface area contributed by atoms with Crippen LogP contribution in [0.4, 0.5) is 0 Å². The number of rotatable bonds is 9. The van der Waals surface area contributed by atoms with Gasteiger partial charge in [0.05, 0.1) is 0 Å². The molecule has 0 amide bonds. The highest BCUT2D eigenvalue weighted by molar-refractivity contribution is 5.49. The zero-order valence-corrected chi connectivity index (χ0v) is 12.6. The second kappa shape index (κ2) is 10.0. The van der Waals surface area contributed by atoms with Gasteiger partial charge in [-0.05, 0) is 42.4 Å². The minimum Gasteiger partial charge on any atom is -0.0991 e. The van der Waals surface area contributed by atoms with Gasteiger partial charge >= 0.3 is 0 Å². The molecule has 1 aromatic rings. The lowest BCUT2D eigenvalue weighted by molar-refractivity contribution is 0.824. The van der Waals surface area contributed by atoms with E-state index in [9.17, 15) is 0 Å². The van der Waals surface area contributed by atoms with Crippen molar-refractivity contribution >= 4 is 6.08 Å². The Hall–Kier alpha value is -1.82. The van der Waals surface area contributed by atoms with E-state index in [-0.39, 0.29) is 0 Å². The molecule has 0 bridgehead atoms. The fraction of sp³-hybridized carbons (Fsp3) is 0.300. The van der Waals surface area contributed by atoms with Crippen LogP contribution >= 0.6 is 0 Å². The molecule has 0 unspecified atom stereocenters. The standard InChI is InChI=1S/C20H26/c1-4-7-8-11-19-14-16-20(17-15-19)13-9-12-18(6-3)10-5-2/h5-6,8,10-11,14-17H,2-4,7,9,12-13H2,1H3/b11-8+,18-10+. The average Bonchev–Trinajstić information content (AvgIpc) is 2.48. The van der Waals surface area contributed by atoms with Gasteiger partial charge in [-0.3, -0.25) is 0 Å². The SMILES string of the molecule is C=C/C=C(\C=C)CCCc1ccc(/C=C/CCC)cc1. The molecule has 0 aliphatic carbocycles. The fourth-order valence-corrected chi connectivity index (χ4v) is 2.08. The molecule has 0 heterocycles. The molecule has 0 nitrogen and oxygen atoms in total. The third kappa shape index (κ3) is 6.38. The molecular formula is C20H26. The van der Waals surface area contributed by atoms with E-state index in [1.54, 1.807) is 0 Å². The summed E-state index contributed by atoms with van der Waals surface area (Å²) in [5, 5.41) is 0. The van der Waals surface area contributed by atoms with E-state index in [0.717, 1.165) is 25.7 Å². The Morgan fingerprint density at radius 2 is 1.90 bits per heavy atom. The Labute approximate surface area is 124 Å². The van der Waals surface area contributed by atoms with E-state index in [2.05, 4.69) is 56.5 Å². The third-order valence-electron chi connectivity index (χ3n) is 3.27. The molecule has 0 heteroatoms. The summed E-state index contributed by atoms with van der Waals surface area (Å²) < 4.78 is 0. The van der Waals surface area contributed by atoms with E-state index in [1.807, 2.05) is 18.2 Å². The van der Waals surface area contributed by atoms with Crippen molar-refractivity contribution in [2.45, 2.75) is 39.0 Å². The summed E-state index contributed by atoms with van der Waals surface area (Å²) >= 11 is 0. The maximum absolute atomic E-state index is 3.83. The summed E-state index contributed by atoms with van der Waals surface area (Å²) in [6.45, 7) is 9.75. The summed E-state index contributed by atoms with van der Waals surface area (Å²) in [6, 6.07) is 8.87. The minimum atomic E-state index is 1.06. The van der Waals surface area contributed by atoms with Crippen LogP contribution in [-0.4, -0.2) is 0 Å². The quantitative estimate of drug-likeness (QED) is 0.472. The number of benzene rings is 1. The van der Waals surface area contributed by atoms with Crippen molar-refractivity contribution in [1.29, 1.82) is 0 Å². The molecule has 0 aliphatic rings. The van der Waals surface area contributed by atoms with Crippen LogP contribution in [0, 0.1) is 0 Å².